The van der Waals surface area contributed by atoms with Crippen molar-refractivity contribution in [2.45, 2.75) is 11.1 Å². The fourth-order valence-corrected chi connectivity index (χ4v) is 1.67. The molecule has 0 aliphatic rings. The molecule has 0 fully saturated rings. The molecule has 0 aliphatic carbocycles. The second-order valence-corrected chi connectivity index (χ2v) is 4.73. The van der Waals surface area contributed by atoms with Gasteiger partial charge in [0.1, 0.15) is 0 Å². The first-order valence-electron chi connectivity index (χ1n) is 3.87. The molecule has 88 valence electrons. The van der Waals surface area contributed by atoms with E-state index >= 15 is 0 Å². The van der Waals surface area contributed by atoms with Crippen molar-refractivity contribution in [2.75, 3.05) is 0 Å². The van der Waals surface area contributed by atoms with Gasteiger partial charge in [-0.2, -0.15) is 13.2 Å². The van der Waals surface area contributed by atoms with Crippen LogP contribution in [-0.4, -0.2) is 13.7 Å². The van der Waals surface area contributed by atoms with Gasteiger partial charge in [0.15, 0.2) is 0 Å². The number of rotatable bonds is 1. The summed E-state index contributed by atoms with van der Waals surface area (Å²) in [5.74, 6) is 0. The van der Waals surface area contributed by atoms with E-state index < -0.39 is 31.7 Å². The van der Waals surface area contributed by atoms with Crippen molar-refractivity contribution in [3.63, 3.8) is 0 Å². The Hall–Kier alpha value is -1.57. The van der Waals surface area contributed by atoms with Crippen molar-refractivity contribution in [2.24, 2.45) is 5.73 Å². The highest BCUT2D eigenvalue weighted by molar-refractivity contribution is 8.06. The summed E-state index contributed by atoms with van der Waals surface area (Å²) in [5.41, 5.74) is 3.57. The molecule has 0 spiro atoms. The van der Waals surface area contributed by atoms with Gasteiger partial charge in [0.2, 0.25) is 0 Å². The molecule has 0 atom stereocenters. The molecule has 0 saturated heterocycles. The number of sulfone groups is 1. The Morgan fingerprint density at radius 1 is 1.12 bits per heavy atom. The van der Waals surface area contributed by atoms with Crippen LogP contribution in [0.15, 0.2) is 29.2 Å². The minimum absolute atomic E-state index is 0.562. The van der Waals surface area contributed by atoms with Crippen molar-refractivity contribution < 1.29 is 26.4 Å². The minimum atomic E-state index is -4.56. The number of carbonyl (C=O) groups is 1. The first-order chi connectivity index (χ1) is 7.15. The molecule has 0 aliphatic heterocycles. The van der Waals surface area contributed by atoms with E-state index in [-0.39, 0.29) is 0 Å². The van der Waals surface area contributed by atoms with Crippen LogP contribution < -0.4 is 5.73 Å². The van der Waals surface area contributed by atoms with Gasteiger partial charge in [-0.1, -0.05) is 0 Å². The molecule has 1 amide bonds. The zero-order valence-corrected chi connectivity index (χ0v) is 8.47. The topological polar surface area (TPSA) is 77.2 Å². The molecule has 0 bridgehead atoms. The van der Waals surface area contributed by atoms with Crippen LogP contribution in [0.25, 0.3) is 0 Å². The van der Waals surface area contributed by atoms with Gasteiger partial charge in [-0.25, -0.2) is 8.42 Å². The Morgan fingerprint density at radius 3 is 1.88 bits per heavy atom. The van der Waals surface area contributed by atoms with E-state index in [2.05, 4.69) is 5.73 Å². The van der Waals surface area contributed by atoms with Crippen LogP contribution in [0, 0.1) is 0 Å². The van der Waals surface area contributed by atoms with E-state index in [1.54, 1.807) is 0 Å². The lowest BCUT2D eigenvalue weighted by atomic mass is 10.2. The van der Waals surface area contributed by atoms with Crippen LogP contribution >= 0.6 is 0 Å². The summed E-state index contributed by atoms with van der Waals surface area (Å²) in [7, 11) is -4.37. The number of hydrogen-bond acceptors (Lipinski definition) is 3. The third kappa shape index (κ3) is 2.32. The third-order valence-corrected chi connectivity index (χ3v) is 3.18. The summed E-state index contributed by atoms with van der Waals surface area (Å²) in [6.45, 7) is 0. The number of primary amides is 1. The summed E-state index contributed by atoms with van der Waals surface area (Å²) in [5, 5.41) is -1.60. The van der Waals surface area contributed by atoms with Gasteiger partial charge < -0.3 is 5.73 Å². The fraction of sp³-hybridized carbons (Fsp3) is 0.125. The van der Waals surface area contributed by atoms with Crippen molar-refractivity contribution in [1.29, 1.82) is 0 Å². The molecule has 16 heavy (non-hydrogen) atoms. The number of alkyl halides is 3. The second-order valence-electron chi connectivity index (χ2n) is 2.84. The fourth-order valence-electron chi connectivity index (χ4n) is 0.939. The van der Waals surface area contributed by atoms with E-state index in [1.165, 1.54) is 0 Å². The third-order valence-electron chi connectivity index (χ3n) is 1.76. The number of benzene rings is 1. The number of carbonyl (C=O) groups excluding carboxylic acids is 1. The van der Waals surface area contributed by atoms with Crippen LogP contribution in [-0.2, 0) is 16.0 Å². The maximum absolute atomic E-state index is 12.1. The van der Waals surface area contributed by atoms with Gasteiger partial charge in [0.05, 0.1) is 10.5 Å². The van der Waals surface area contributed by atoms with Crippen LogP contribution in [0.4, 0.5) is 18.0 Å². The van der Waals surface area contributed by atoms with Crippen LogP contribution in [0.5, 0.6) is 0 Å². The molecular formula is C8H6F3NO3S. The molecule has 0 radical (unpaired) electrons. The maximum Gasteiger partial charge on any atom is 0.416 e. The highest BCUT2D eigenvalue weighted by Crippen LogP contribution is 2.29. The number of amides is 1. The Labute approximate surface area is 88.8 Å². The standard InChI is InChI=1S/C8H6F3NO3S/c9-8(10,11)5-1-3-6(4-2-5)16(14,15)7(12)13/h1-4H,(H2,12,13). The number of nitrogens with two attached hydrogens (primary N) is 1. The molecule has 1 aromatic carbocycles. The first-order valence-corrected chi connectivity index (χ1v) is 5.36. The monoisotopic (exact) mass is 253 g/mol. The Kier molecular flexibility index (Phi) is 2.95. The van der Waals surface area contributed by atoms with Gasteiger partial charge >= 0.3 is 11.4 Å². The summed E-state index contributed by atoms with van der Waals surface area (Å²) in [4.78, 5) is 9.95. The zero-order valence-electron chi connectivity index (χ0n) is 7.65. The van der Waals surface area contributed by atoms with E-state index in [1.807, 2.05) is 0 Å². The van der Waals surface area contributed by atoms with Gasteiger partial charge in [-0.05, 0) is 24.3 Å². The lowest BCUT2D eigenvalue weighted by molar-refractivity contribution is -0.137. The average molecular weight is 253 g/mol. The van der Waals surface area contributed by atoms with Gasteiger partial charge in [-0.3, -0.25) is 4.79 Å². The van der Waals surface area contributed by atoms with Crippen LogP contribution in [0.3, 0.4) is 0 Å². The molecule has 0 aromatic heterocycles. The Balaban J connectivity index is 3.20. The van der Waals surface area contributed by atoms with Crippen molar-refractivity contribution >= 4 is 15.1 Å². The predicted molar refractivity (Wildman–Crippen MR) is 48.2 cm³/mol. The molecule has 0 saturated carbocycles. The summed E-state index contributed by atoms with van der Waals surface area (Å²) in [6, 6.07) is 2.50. The summed E-state index contributed by atoms with van der Waals surface area (Å²) < 4.78 is 58.7. The van der Waals surface area contributed by atoms with E-state index in [0.29, 0.717) is 24.3 Å². The molecule has 1 aromatic rings. The van der Waals surface area contributed by atoms with Crippen molar-refractivity contribution in [3.8, 4) is 0 Å². The van der Waals surface area contributed by atoms with E-state index in [9.17, 15) is 26.4 Å². The number of hydrogen-bond donors (Lipinski definition) is 1. The zero-order chi connectivity index (χ0) is 12.6. The normalized spacial score (nSPS) is 12.4. The van der Waals surface area contributed by atoms with E-state index in [0.717, 1.165) is 0 Å². The highest BCUT2D eigenvalue weighted by atomic mass is 32.2. The molecule has 8 heteroatoms. The molecule has 0 unspecified atom stereocenters. The molecule has 1 rings (SSSR count). The van der Waals surface area contributed by atoms with E-state index in [4.69, 9.17) is 0 Å². The lowest BCUT2D eigenvalue weighted by Gasteiger charge is -2.06. The Bertz CT molecular complexity index is 504. The van der Waals surface area contributed by atoms with Crippen LogP contribution in [0.1, 0.15) is 5.56 Å². The predicted octanol–water partition coefficient (Wildman–Crippen LogP) is 1.56. The van der Waals surface area contributed by atoms with Crippen molar-refractivity contribution in [3.05, 3.63) is 29.8 Å². The molecule has 4 nitrogen and oxygen atoms in total. The average Bonchev–Trinajstić information content (AvgIpc) is 2.16. The van der Waals surface area contributed by atoms with Gasteiger partial charge in [0.25, 0.3) is 9.84 Å². The SMILES string of the molecule is NC(=O)S(=O)(=O)c1ccc(C(F)(F)F)cc1. The molecule has 0 heterocycles. The summed E-state index contributed by atoms with van der Waals surface area (Å²) >= 11 is 0. The lowest BCUT2D eigenvalue weighted by Crippen LogP contribution is -2.21. The maximum atomic E-state index is 12.1. The Morgan fingerprint density at radius 2 is 1.56 bits per heavy atom. The van der Waals surface area contributed by atoms with Crippen molar-refractivity contribution in [1.82, 2.24) is 0 Å². The summed E-state index contributed by atoms with van der Waals surface area (Å²) in [6.07, 6.45) is -4.56. The smallest absolute Gasteiger partial charge is 0.356 e. The van der Waals surface area contributed by atoms with Gasteiger partial charge in [-0.15, -0.1) is 0 Å². The second kappa shape index (κ2) is 3.78. The van der Waals surface area contributed by atoms with Crippen LogP contribution in [0.2, 0.25) is 0 Å². The largest absolute Gasteiger partial charge is 0.416 e. The molecular weight excluding hydrogens is 247 g/mol. The highest BCUT2D eigenvalue weighted by Gasteiger charge is 2.31. The quantitative estimate of drug-likeness (QED) is 0.824. The minimum Gasteiger partial charge on any atom is -0.356 e. The first kappa shape index (κ1) is 12.5. The number of halogens is 3. The molecule has 2 N–H and O–H groups in total. The van der Waals surface area contributed by atoms with Gasteiger partial charge in [0, 0.05) is 0 Å².